The molecular formula is C18H27IN4O2. The smallest absolute Gasteiger partial charge is 0.191 e. The van der Waals surface area contributed by atoms with Crippen molar-refractivity contribution in [3.8, 4) is 5.75 Å². The number of nitrogens with zero attached hydrogens (tertiary/aromatic N) is 2. The van der Waals surface area contributed by atoms with Gasteiger partial charge in [0.2, 0.25) is 0 Å². The van der Waals surface area contributed by atoms with E-state index in [1.807, 2.05) is 48.8 Å². The number of aromatic nitrogens is 1. The van der Waals surface area contributed by atoms with Gasteiger partial charge in [-0.1, -0.05) is 12.1 Å². The Kier molecular flexibility index (Phi) is 10.7. The fourth-order valence-corrected chi connectivity index (χ4v) is 2.18. The second-order valence-electron chi connectivity index (χ2n) is 5.26. The van der Waals surface area contributed by atoms with Gasteiger partial charge in [-0.3, -0.25) is 4.99 Å². The van der Waals surface area contributed by atoms with Gasteiger partial charge in [0.1, 0.15) is 12.4 Å². The molecule has 0 aliphatic carbocycles. The fourth-order valence-electron chi connectivity index (χ4n) is 2.18. The third kappa shape index (κ3) is 8.26. The highest BCUT2D eigenvalue weighted by atomic mass is 127. The van der Waals surface area contributed by atoms with Gasteiger partial charge in [-0.2, -0.15) is 0 Å². The molecule has 7 heteroatoms. The van der Waals surface area contributed by atoms with Crippen molar-refractivity contribution in [2.75, 3.05) is 33.9 Å². The Morgan fingerprint density at radius 3 is 2.44 bits per heavy atom. The molecule has 138 valence electrons. The maximum Gasteiger partial charge on any atom is 0.191 e. The molecule has 0 atom stereocenters. The largest absolute Gasteiger partial charge is 0.491 e. The Hall–Kier alpha value is -1.74. The molecule has 0 radical (unpaired) electrons. The van der Waals surface area contributed by atoms with Crippen LogP contribution in [0.25, 0.3) is 0 Å². The maximum absolute atomic E-state index is 5.55. The summed E-state index contributed by atoms with van der Waals surface area (Å²) in [5, 5.41) is 6.61. The summed E-state index contributed by atoms with van der Waals surface area (Å²) in [7, 11) is 3.44. The quantitative estimate of drug-likeness (QED) is 0.263. The third-order valence-corrected chi connectivity index (χ3v) is 3.49. The van der Waals surface area contributed by atoms with Crippen molar-refractivity contribution in [1.82, 2.24) is 15.2 Å². The number of benzene rings is 1. The lowest BCUT2D eigenvalue weighted by molar-refractivity contribution is 0.146. The Bertz CT molecular complexity index is 600. The fraction of sp³-hybridized carbons (Fsp3) is 0.389. The summed E-state index contributed by atoms with van der Waals surface area (Å²) in [5.41, 5.74) is 1.17. The molecular weight excluding hydrogens is 431 g/mol. The van der Waals surface area contributed by atoms with Crippen molar-refractivity contribution in [3.63, 3.8) is 0 Å². The van der Waals surface area contributed by atoms with Crippen molar-refractivity contribution in [2.24, 2.45) is 4.99 Å². The predicted molar refractivity (Wildman–Crippen MR) is 112 cm³/mol. The van der Waals surface area contributed by atoms with Crippen LogP contribution in [-0.2, 0) is 17.8 Å². The number of nitrogens with one attached hydrogen (secondary N) is 2. The highest BCUT2D eigenvalue weighted by Crippen LogP contribution is 2.11. The number of methoxy groups -OCH3 is 1. The van der Waals surface area contributed by atoms with Crippen LogP contribution in [0.15, 0.2) is 53.8 Å². The van der Waals surface area contributed by atoms with Gasteiger partial charge in [0.25, 0.3) is 0 Å². The molecule has 0 saturated heterocycles. The molecule has 25 heavy (non-hydrogen) atoms. The number of aliphatic imine (C=N–C) groups is 1. The zero-order chi connectivity index (χ0) is 17.0. The minimum absolute atomic E-state index is 0. The van der Waals surface area contributed by atoms with Crippen molar-refractivity contribution in [2.45, 2.75) is 13.1 Å². The number of ether oxygens (including phenoxy) is 2. The molecule has 2 N–H and O–H groups in total. The van der Waals surface area contributed by atoms with Gasteiger partial charge in [0.15, 0.2) is 5.96 Å². The Morgan fingerprint density at radius 1 is 1.08 bits per heavy atom. The lowest BCUT2D eigenvalue weighted by Gasteiger charge is -2.13. The Balaban J connectivity index is 0.00000312. The molecule has 0 unspecified atom stereocenters. The van der Waals surface area contributed by atoms with Crippen LogP contribution in [0.3, 0.4) is 0 Å². The second-order valence-corrected chi connectivity index (χ2v) is 5.26. The van der Waals surface area contributed by atoms with Crippen LogP contribution < -0.4 is 15.4 Å². The van der Waals surface area contributed by atoms with Gasteiger partial charge >= 0.3 is 0 Å². The monoisotopic (exact) mass is 458 g/mol. The van der Waals surface area contributed by atoms with E-state index in [0.717, 1.165) is 24.8 Å². The molecule has 0 saturated carbocycles. The summed E-state index contributed by atoms with van der Waals surface area (Å²) in [4.78, 5) is 4.24. The first kappa shape index (κ1) is 21.3. The van der Waals surface area contributed by atoms with E-state index in [4.69, 9.17) is 9.47 Å². The molecule has 1 aromatic carbocycles. The van der Waals surface area contributed by atoms with Crippen molar-refractivity contribution < 1.29 is 9.47 Å². The average Bonchev–Trinajstić information content (AvgIpc) is 3.13. The van der Waals surface area contributed by atoms with E-state index < -0.39 is 0 Å². The van der Waals surface area contributed by atoms with Gasteiger partial charge in [-0.05, 0) is 29.8 Å². The van der Waals surface area contributed by atoms with Crippen molar-refractivity contribution in [3.05, 3.63) is 54.4 Å². The standard InChI is InChI=1S/C18H26N4O2.HI/c1-19-18(20-9-12-22-10-3-4-11-22)21-15-16-5-7-17(8-6-16)24-14-13-23-2;/h3-8,10-11H,9,12-15H2,1-2H3,(H2,19,20,21);1H. The van der Waals surface area contributed by atoms with Crippen LogP contribution in [0.2, 0.25) is 0 Å². The van der Waals surface area contributed by atoms with Crippen LogP contribution in [-0.4, -0.2) is 44.4 Å². The van der Waals surface area contributed by atoms with Crippen LogP contribution in [0.5, 0.6) is 5.75 Å². The van der Waals surface area contributed by atoms with E-state index in [-0.39, 0.29) is 24.0 Å². The molecule has 2 rings (SSSR count). The average molecular weight is 458 g/mol. The molecule has 0 fully saturated rings. The normalized spacial score (nSPS) is 10.9. The highest BCUT2D eigenvalue weighted by molar-refractivity contribution is 14.0. The van der Waals surface area contributed by atoms with Gasteiger partial charge in [0, 0.05) is 46.2 Å². The number of halogens is 1. The first-order valence-electron chi connectivity index (χ1n) is 8.08. The van der Waals surface area contributed by atoms with E-state index in [1.165, 1.54) is 5.56 Å². The molecule has 0 aliphatic heterocycles. The van der Waals surface area contributed by atoms with E-state index in [1.54, 1.807) is 14.2 Å². The van der Waals surface area contributed by atoms with Crippen molar-refractivity contribution >= 4 is 29.9 Å². The molecule has 6 nitrogen and oxygen atoms in total. The molecule has 0 aliphatic rings. The summed E-state index contributed by atoms with van der Waals surface area (Å²) < 4.78 is 12.6. The van der Waals surface area contributed by atoms with Crippen LogP contribution in [0.4, 0.5) is 0 Å². The highest BCUT2D eigenvalue weighted by Gasteiger charge is 1.99. The molecule has 2 aromatic rings. The summed E-state index contributed by atoms with van der Waals surface area (Å²) in [6, 6.07) is 12.1. The summed E-state index contributed by atoms with van der Waals surface area (Å²) in [5.74, 6) is 1.65. The van der Waals surface area contributed by atoms with Gasteiger partial charge in [-0.25, -0.2) is 0 Å². The molecule has 0 bridgehead atoms. The molecule has 0 spiro atoms. The van der Waals surface area contributed by atoms with Gasteiger partial charge < -0.3 is 24.7 Å². The maximum atomic E-state index is 5.55. The SMILES string of the molecule is CN=C(NCCn1cccc1)NCc1ccc(OCCOC)cc1.I. The van der Waals surface area contributed by atoms with Crippen LogP contribution in [0.1, 0.15) is 5.56 Å². The summed E-state index contributed by atoms with van der Waals surface area (Å²) in [6.45, 7) is 3.59. The lowest BCUT2D eigenvalue weighted by Crippen LogP contribution is -2.38. The third-order valence-electron chi connectivity index (χ3n) is 3.49. The predicted octanol–water partition coefficient (Wildman–Crippen LogP) is 2.50. The second kappa shape index (κ2) is 12.6. The van der Waals surface area contributed by atoms with E-state index in [0.29, 0.717) is 19.8 Å². The van der Waals surface area contributed by atoms with E-state index in [2.05, 4.69) is 20.2 Å². The first-order chi connectivity index (χ1) is 11.8. The zero-order valence-electron chi connectivity index (χ0n) is 14.8. The lowest BCUT2D eigenvalue weighted by atomic mass is 10.2. The van der Waals surface area contributed by atoms with E-state index in [9.17, 15) is 0 Å². The molecule has 1 heterocycles. The molecule has 1 aromatic heterocycles. The summed E-state index contributed by atoms with van der Waals surface area (Å²) >= 11 is 0. The number of guanidine groups is 1. The topological polar surface area (TPSA) is 59.8 Å². The number of hydrogen-bond acceptors (Lipinski definition) is 3. The van der Waals surface area contributed by atoms with E-state index >= 15 is 0 Å². The zero-order valence-corrected chi connectivity index (χ0v) is 17.1. The van der Waals surface area contributed by atoms with Crippen molar-refractivity contribution in [1.29, 1.82) is 0 Å². The first-order valence-corrected chi connectivity index (χ1v) is 8.08. The van der Waals surface area contributed by atoms with Crippen LogP contribution >= 0.6 is 24.0 Å². The summed E-state index contributed by atoms with van der Waals surface area (Å²) in [6.07, 6.45) is 4.10. The minimum atomic E-state index is 0. The Labute approximate surface area is 166 Å². The minimum Gasteiger partial charge on any atom is -0.491 e. The number of hydrogen-bond donors (Lipinski definition) is 2. The number of rotatable bonds is 9. The van der Waals surface area contributed by atoms with Crippen LogP contribution in [0, 0.1) is 0 Å². The Morgan fingerprint density at radius 2 is 1.80 bits per heavy atom. The molecule has 0 amide bonds. The van der Waals surface area contributed by atoms with Gasteiger partial charge in [-0.15, -0.1) is 24.0 Å². The van der Waals surface area contributed by atoms with Gasteiger partial charge in [0.05, 0.1) is 6.61 Å².